The third kappa shape index (κ3) is 14.9. The van der Waals surface area contributed by atoms with Crippen LogP contribution in [0.15, 0.2) is 0 Å². The largest absolute Gasteiger partial charge is 0.481 e. The van der Waals surface area contributed by atoms with Gasteiger partial charge in [0.1, 0.15) is 0 Å². The third-order valence-electron chi connectivity index (χ3n) is 2.61. The first kappa shape index (κ1) is 19.3. The Kier molecular flexibility index (Phi) is 15.0. The summed E-state index contributed by atoms with van der Waals surface area (Å²) in [6, 6.07) is 0. The molecule has 0 aromatic heterocycles. The van der Waals surface area contributed by atoms with Gasteiger partial charge < -0.3 is 9.84 Å². The molecule has 0 aromatic rings. The van der Waals surface area contributed by atoms with E-state index in [4.69, 9.17) is 9.84 Å². The van der Waals surface area contributed by atoms with Crippen molar-refractivity contribution < 1.29 is 19.4 Å². The first-order valence-corrected chi connectivity index (χ1v) is 6.88. The molecule has 4 heteroatoms. The molecule has 0 saturated carbocycles. The van der Waals surface area contributed by atoms with Gasteiger partial charge in [0.05, 0.1) is 6.61 Å². The van der Waals surface area contributed by atoms with Crippen LogP contribution in [0, 0.1) is 5.92 Å². The number of carbonyl (C=O) groups is 2. The first-order chi connectivity index (χ1) is 8.51. The number of carboxylic acid groups (broad SMARTS) is 1. The number of ether oxygens (including phenoxy) is 1. The van der Waals surface area contributed by atoms with E-state index in [1.165, 1.54) is 19.3 Å². The molecule has 1 unspecified atom stereocenters. The van der Waals surface area contributed by atoms with E-state index in [0.29, 0.717) is 18.9 Å². The second kappa shape index (κ2) is 14.0. The van der Waals surface area contributed by atoms with Crippen LogP contribution in [-0.4, -0.2) is 23.7 Å². The average molecular weight is 260 g/mol. The Balaban J connectivity index is 0. The summed E-state index contributed by atoms with van der Waals surface area (Å²) in [5, 5.41) is 7.72. The summed E-state index contributed by atoms with van der Waals surface area (Å²) in [6.45, 7) is 8.38. The number of aliphatic carboxylic acids is 1. The molecule has 1 atom stereocenters. The molecular weight excluding hydrogens is 232 g/mol. The second-order valence-electron chi connectivity index (χ2n) is 4.20. The fourth-order valence-electron chi connectivity index (χ4n) is 1.21. The summed E-state index contributed by atoms with van der Waals surface area (Å²) < 4.78 is 5.10. The lowest BCUT2D eigenvalue weighted by atomic mass is 10.0. The molecular formula is C14H28O4. The van der Waals surface area contributed by atoms with E-state index in [0.717, 1.165) is 6.42 Å². The van der Waals surface area contributed by atoms with E-state index >= 15 is 0 Å². The molecule has 0 amide bonds. The number of hydrogen-bond donors (Lipinski definition) is 1. The zero-order valence-corrected chi connectivity index (χ0v) is 12.2. The van der Waals surface area contributed by atoms with Crippen LogP contribution in [0.2, 0.25) is 0 Å². The second-order valence-corrected chi connectivity index (χ2v) is 4.20. The van der Waals surface area contributed by atoms with E-state index in [-0.39, 0.29) is 12.4 Å². The minimum atomic E-state index is -0.745. The van der Waals surface area contributed by atoms with Crippen LogP contribution in [0.25, 0.3) is 0 Å². The molecule has 0 aliphatic heterocycles. The van der Waals surface area contributed by atoms with Crippen LogP contribution >= 0.6 is 0 Å². The molecule has 0 bridgehead atoms. The van der Waals surface area contributed by atoms with Gasteiger partial charge in [-0.2, -0.15) is 0 Å². The van der Waals surface area contributed by atoms with Crippen molar-refractivity contribution in [3.8, 4) is 0 Å². The highest BCUT2D eigenvalue weighted by molar-refractivity contribution is 5.68. The van der Waals surface area contributed by atoms with Crippen molar-refractivity contribution in [1.82, 2.24) is 0 Å². The molecule has 0 saturated heterocycles. The zero-order valence-electron chi connectivity index (χ0n) is 12.2. The summed E-state index contributed by atoms with van der Waals surface area (Å²) in [5.74, 6) is -0.254. The van der Waals surface area contributed by atoms with Crippen molar-refractivity contribution >= 4 is 11.9 Å². The molecule has 18 heavy (non-hydrogen) atoms. The number of rotatable bonds is 8. The minimum Gasteiger partial charge on any atom is -0.481 e. The molecule has 0 rings (SSSR count). The van der Waals surface area contributed by atoms with Crippen LogP contribution in [0.5, 0.6) is 0 Å². The molecule has 0 aliphatic rings. The standard InChI is InChI=1S/C11H22O2.C3H6O2/c1-4-7-8-10(5-2)9-13-11(12)6-3;1-2-3(4)5/h10H,4-9H2,1-3H3;2H2,1H3,(H,4,5). The maximum atomic E-state index is 10.9. The lowest BCUT2D eigenvalue weighted by molar-refractivity contribution is -0.144. The van der Waals surface area contributed by atoms with Gasteiger partial charge in [0, 0.05) is 12.8 Å². The topological polar surface area (TPSA) is 63.6 Å². The van der Waals surface area contributed by atoms with E-state index in [1.807, 2.05) is 6.92 Å². The van der Waals surface area contributed by atoms with Crippen molar-refractivity contribution in [2.45, 2.75) is 66.2 Å². The normalized spacial score (nSPS) is 11.1. The maximum absolute atomic E-state index is 10.9. The number of hydrogen-bond acceptors (Lipinski definition) is 3. The smallest absolute Gasteiger partial charge is 0.305 e. The van der Waals surface area contributed by atoms with Crippen LogP contribution in [0.3, 0.4) is 0 Å². The predicted molar refractivity (Wildman–Crippen MR) is 72.5 cm³/mol. The highest BCUT2D eigenvalue weighted by Crippen LogP contribution is 2.12. The molecule has 4 nitrogen and oxygen atoms in total. The Bertz CT molecular complexity index is 214. The summed E-state index contributed by atoms with van der Waals surface area (Å²) >= 11 is 0. The van der Waals surface area contributed by atoms with Crippen molar-refractivity contribution in [2.24, 2.45) is 5.92 Å². The lowest BCUT2D eigenvalue weighted by Gasteiger charge is -2.13. The molecule has 0 radical (unpaired) electrons. The number of esters is 1. The van der Waals surface area contributed by atoms with Gasteiger partial charge in [-0.25, -0.2) is 0 Å². The predicted octanol–water partition coefficient (Wildman–Crippen LogP) is 3.64. The molecule has 0 heterocycles. The average Bonchev–Trinajstić information content (AvgIpc) is 2.39. The van der Waals surface area contributed by atoms with Crippen molar-refractivity contribution in [3.63, 3.8) is 0 Å². The number of unbranched alkanes of at least 4 members (excludes halogenated alkanes) is 1. The van der Waals surface area contributed by atoms with Gasteiger partial charge in [0.25, 0.3) is 0 Å². The Morgan fingerprint density at radius 1 is 1.11 bits per heavy atom. The van der Waals surface area contributed by atoms with Gasteiger partial charge in [0.2, 0.25) is 0 Å². The van der Waals surface area contributed by atoms with Crippen LogP contribution in [0.1, 0.15) is 66.2 Å². The van der Waals surface area contributed by atoms with Gasteiger partial charge in [-0.1, -0.05) is 47.0 Å². The number of carbonyl (C=O) groups excluding carboxylic acids is 1. The van der Waals surface area contributed by atoms with Gasteiger partial charge in [-0.3, -0.25) is 9.59 Å². The Hall–Kier alpha value is -1.06. The Labute approximate surface area is 111 Å². The third-order valence-corrected chi connectivity index (χ3v) is 2.61. The van der Waals surface area contributed by atoms with Crippen LogP contribution in [-0.2, 0) is 14.3 Å². The van der Waals surface area contributed by atoms with Gasteiger partial charge in [-0.15, -0.1) is 0 Å². The molecule has 0 spiro atoms. The summed E-state index contributed by atoms with van der Waals surface area (Å²) in [4.78, 5) is 20.3. The van der Waals surface area contributed by atoms with E-state index < -0.39 is 5.97 Å². The van der Waals surface area contributed by atoms with Crippen molar-refractivity contribution in [3.05, 3.63) is 0 Å². The fourth-order valence-corrected chi connectivity index (χ4v) is 1.21. The van der Waals surface area contributed by atoms with Gasteiger partial charge >= 0.3 is 11.9 Å². The summed E-state index contributed by atoms with van der Waals surface area (Å²) in [7, 11) is 0. The van der Waals surface area contributed by atoms with E-state index in [1.54, 1.807) is 6.92 Å². The van der Waals surface area contributed by atoms with Gasteiger partial charge in [-0.05, 0) is 12.3 Å². The molecule has 0 fully saturated rings. The molecule has 0 aromatic carbocycles. The lowest BCUT2D eigenvalue weighted by Crippen LogP contribution is -2.12. The number of carboxylic acids is 1. The fraction of sp³-hybridized carbons (Fsp3) is 0.857. The maximum Gasteiger partial charge on any atom is 0.305 e. The summed E-state index contributed by atoms with van der Waals surface area (Å²) in [5.41, 5.74) is 0. The quantitative estimate of drug-likeness (QED) is 0.677. The zero-order chi connectivity index (χ0) is 14.4. The van der Waals surface area contributed by atoms with Gasteiger partial charge in [0.15, 0.2) is 0 Å². The molecule has 0 aliphatic carbocycles. The van der Waals surface area contributed by atoms with Crippen LogP contribution in [0.4, 0.5) is 0 Å². The monoisotopic (exact) mass is 260 g/mol. The highest BCUT2D eigenvalue weighted by atomic mass is 16.5. The van der Waals surface area contributed by atoms with Crippen molar-refractivity contribution in [2.75, 3.05) is 6.61 Å². The highest BCUT2D eigenvalue weighted by Gasteiger charge is 2.08. The van der Waals surface area contributed by atoms with E-state index in [9.17, 15) is 9.59 Å². The van der Waals surface area contributed by atoms with Crippen LogP contribution < -0.4 is 0 Å². The van der Waals surface area contributed by atoms with E-state index in [2.05, 4.69) is 13.8 Å². The first-order valence-electron chi connectivity index (χ1n) is 6.88. The summed E-state index contributed by atoms with van der Waals surface area (Å²) in [6.07, 6.45) is 5.46. The molecule has 108 valence electrons. The molecule has 1 N–H and O–H groups in total. The Morgan fingerprint density at radius 3 is 2.00 bits per heavy atom. The van der Waals surface area contributed by atoms with Crippen molar-refractivity contribution in [1.29, 1.82) is 0 Å². The Morgan fingerprint density at radius 2 is 1.67 bits per heavy atom. The minimum absolute atomic E-state index is 0.0741. The SMILES string of the molecule is CCC(=O)O.CCCCC(CC)COC(=O)CC.